The second-order valence-electron chi connectivity index (χ2n) is 6.15. The Balaban J connectivity index is 1.76. The number of carboxylic acids is 1. The van der Waals surface area contributed by atoms with E-state index in [2.05, 4.69) is 26.2 Å². The smallest absolute Gasteiger partial charge is 0.321 e. The fraction of sp³-hybridized carbons (Fsp3) is 0.250. The molecular formula is C20H21BrN2O4. The van der Waals surface area contributed by atoms with Gasteiger partial charge in [0.25, 0.3) is 0 Å². The molecule has 0 radical (unpaired) electrons. The largest absolute Gasteiger partial charge is 0.493 e. The van der Waals surface area contributed by atoms with Crippen LogP contribution in [0.2, 0.25) is 0 Å². The molecule has 0 spiro atoms. The highest BCUT2D eigenvalue weighted by Gasteiger charge is 2.20. The molecule has 1 aromatic heterocycles. The zero-order chi connectivity index (χ0) is 19.4. The number of benzene rings is 2. The first-order valence-electron chi connectivity index (χ1n) is 8.45. The Kier molecular flexibility index (Phi) is 6.03. The fourth-order valence-electron chi connectivity index (χ4n) is 3.08. The van der Waals surface area contributed by atoms with E-state index in [-0.39, 0.29) is 0 Å². The van der Waals surface area contributed by atoms with Crippen LogP contribution >= 0.6 is 15.9 Å². The zero-order valence-electron chi connectivity index (χ0n) is 15.1. The van der Waals surface area contributed by atoms with Crippen molar-refractivity contribution in [2.24, 2.45) is 0 Å². The Bertz CT molecular complexity index is 954. The maximum Gasteiger partial charge on any atom is 0.321 e. The molecule has 0 saturated carbocycles. The molecule has 1 heterocycles. The molecule has 3 N–H and O–H groups in total. The van der Waals surface area contributed by atoms with Crippen molar-refractivity contribution in [3.8, 4) is 11.5 Å². The molecule has 0 fully saturated rings. The lowest BCUT2D eigenvalue weighted by molar-refractivity contribution is -0.139. The van der Waals surface area contributed by atoms with Crippen molar-refractivity contribution < 1.29 is 19.4 Å². The van der Waals surface area contributed by atoms with Crippen LogP contribution in [-0.2, 0) is 17.8 Å². The first kappa shape index (κ1) is 19.3. The van der Waals surface area contributed by atoms with Gasteiger partial charge in [0.05, 0.1) is 18.7 Å². The van der Waals surface area contributed by atoms with Crippen LogP contribution in [0.25, 0.3) is 10.9 Å². The van der Waals surface area contributed by atoms with Crippen LogP contribution in [0, 0.1) is 0 Å². The summed E-state index contributed by atoms with van der Waals surface area (Å²) in [5.74, 6) is 0.307. The Hall–Kier alpha value is -2.51. The maximum absolute atomic E-state index is 11.7. The van der Waals surface area contributed by atoms with Gasteiger partial charge in [-0.25, -0.2) is 0 Å². The molecule has 2 aromatic carbocycles. The summed E-state index contributed by atoms with van der Waals surface area (Å²) in [5, 5.41) is 13.8. The third-order valence-electron chi connectivity index (χ3n) is 4.44. The van der Waals surface area contributed by atoms with Gasteiger partial charge in [-0.15, -0.1) is 0 Å². The third kappa shape index (κ3) is 4.26. The van der Waals surface area contributed by atoms with E-state index >= 15 is 0 Å². The molecule has 0 amide bonds. The van der Waals surface area contributed by atoms with E-state index in [1.807, 2.05) is 42.6 Å². The Labute approximate surface area is 165 Å². The molecule has 0 aliphatic carbocycles. The number of hydrogen-bond acceptors (Lipinski definition) is 4. The summed E-state index contributed by atoms with van der Waals surface area (Å²) in [5.41, 5.74) is 2.86. The predicted octanol–water partition coefficient (Wildman–Crippen LogP) is 3.73. The number of halogens is 1. The van der Waals surface area contributed by atoms with Gasteiger partial charge in [-0.3, -0.25) is 4.79 Å². The van der Waals surface area contributed by atoms with Crippen molar-refractivity contribution in [2.45, 2.75) is 19.0 Å². The first-order valence-corrected chi connectivity index (χ1v) is 9.24. The van der Waals surface area contributed by atoms with E-state index in [1.54, 1.807) is 14.2 Å². The van der Waals surface area contributed by atoms with Gasteiger partial charge in [0, 0.05) is 30.1 Å². The molecule has 7 heteroatoms. The number of rotatable bonds is 8. The number of aliphatic carboxylic acids is 1. The van der Waals surface area contributed by atoms with Crippen LogP contribution < -0.4 is 14.8 Å². The quantitative estimate of drug-likeness (QED) is 0.504. The highest BCUT2D eigenvalue weighted by molar-refractivity contribution is 9.10. The van der Waals surface area contributed by atoms with Gasteiger partial charge in [-0.1, -0.05) is 18.2 Å². The number of aromatic nitrogens is 1. The molecule has 1 unspecified atom stereocenters. The molecule has 0 saturated heterocycles. The fourth-order valence-corrected chi connectivity index (χ4v) is 3.73. The van der Waals surface area contributed by atoms with Crippen molar-refractivity contribution in [2.75, 3.05) is 14.2 Å². The van der Waals surface area contributed by atoms with Gasteiger partial charge in [-0.2, -0.15) is 0 Å². The van der Waals surface area contributed by atoms with Crippen LogP contribution in [0.1, 0.15) is 11.1 Å². The number of methoxy groups -OCH3 is 2. The standard InChI is InChI=1S/C20H21BrN2O4/c1-26-18-8-12(7-15(21)19(18)27-2)10-22-17(20(24)25)9-13-11-23-16-6-4-3-5-14(13)16/h3-8,11,17,22-23H,9-10H2,1-2H3,(H,24,25). The Morgan fingerprint density at radius 3 is 2.74 bits per heavy atom. The summed E-state index contributed by atoms with van der Waals surface area (Å²) in [7, 11) is 3.14. The van der Waals surface area contributed by atoms with Gasteiger partial charge in [0.2, 0.25) is 0 Å². The highest BCUT2D eigenvalue weighted by atomic mass is 79.9. The molecular weight excluding hydrogens is 412 g/mol. The van der Waals surface area contributed by atoms with E-state index < -0.39 is 12.0 Å². The lowest BCUT2D eigenvalue weighted by Gasteiger charge is -2.16. The topological polar surface area (TPSA) is 83.6 Å². The monoisotopic (exact) mass is 432 g/mol. The molecule has 3 rings (SSSR count). The average molecular weight is 433 g/mol. The molecule has 3 aromatic rings. The number of carboxylic acid groups (broad SMARTS) is 1. The number of carbonyl (C=O) groups is 1. The van der Waals surface area contributed by atoms with Gasteiger partial charge in [-0.05, 0) is 45.3 Å². The van der Waals surface area contributed by atoms with Crippen molar-refractivity contribution in [1.29, 1.82) is 0 Å². The summed E-state index contributed by atoms with van der Waals surface area (Å²) in [6.45, 7) is 0.387. The van der Waals surface area contributed by atoms with E-state index in [0.29, 0.717) is 24.5 Å². The number of fused-ring (bicyclic) bond motifs is 1. The van der Waals surface area contributed by atoms with Crippen LogP contribution in [0.5, 0.6) is 11.5 Å². The summed E-state index contributed by atoms with van der Waals surface area (Å²) in [6.07, 6.45) is 2.25. The number of nitrogens with one attached hydrogen (secondary N) is 2. The minimum Gasteiger partial charge on any atom is -0.493 e. The number of H-pyrrole nitrogens is 1. The number of aromatic amines is 1. The second-order valence-corrected chi connectivity index (χ2v) is 7.00. The molecule has 1 atom stereocenters. The van der Waals surface area contributed by atoms with Gasteiger partial charge in [0.15, 0.2) is 11.5 Å². The summed E-state index contributed by atoms with van der Waals surface area (Å²) >= 11 is 3.46. The van der Waals surface area contributed by atoms with E-state index in [1.165, 1.54) is 0 Å². The molecule has 0 aliphatic heterocycles. The average Bonchev–Trinajstić information content (AvgIpc) is 3.07. The van der Waals surface area contributed by atoms with Crippen LogP contribution in [0.4, 0.5) is 0 Å². The van der Waals surface area contributed by atoms with Gasteiger partial charge < -0.3 is 24.9 Å². The lowest BCUT2D eigenvalue weighted by Crippen LogP contribution is -2.38. The van der Waals surface area contributed by atoms with Gasteiger partial charge >= 0.3 is 5.97 Å². The summed E-state index contributed by atoms with van der Waals surface area (Å²) in [4.78, 5) is 14.9. The highest BCUT2D eigenvalue weighted by Crippen LogP contribution is 2.36. The van der Waals surface area contributed by atoms with Crippen molar-refractivity contribution in [1.82, 2.24) is 10.3 Å². The number of para-hydroxylation sites is 1. The second kappa shape index (κ2) is 8.45. The van der Waals surface area contributed by atoms with Crippen LogP contribution in [0.3, 0.4) is 0 Å². The maximum atomic E-state index is 11.7. The van der Waals surface area contributed by atoms with E-state index in [4.69, 9.17) is 9.47 Å². The van der Waals surface area contributed by atoms with Crippen molar-refractivity contribution in [3.63, 3.8) is 0 Å². The normalized spacial score (nSPS) is 12.1. The zero-order valence-corrected chi connectivity index (χ0v) is 16.7. The molecule has 0 aliphatic rings. The molecule has 6 nitrogen and oxygen atoms in total. The predicted molar refractivity (Wildman–Crippen MR) is 108 cm³/mol. The van der Waals surface area contributed by atoms with Crippen LogP contribution in [-0.4, -0.2) is 36.3 Å². The summed E-state index contributed by atoms with van der Waals surface area (Å²) in [6, 6.07) is 10.9. The van der Waals surface area contributed by atoms with E-state index in [0.717, 1.165) is 26.5 Å². The third-order valence-corrected chi connectivity index (χ3v) is 5.03. The molecule has 0 bridgehead atoms. The number of ether oxygens (including phenoxy) is 2. The molecule has 27 heavy (non-hydrogen) atoms. The Morgan fingerprint density at radius 1 is 1.26 bits per heavy atom. The Morgan fingerprint density at radius 2 is 2.04 bits per heavy atom. The van der Waals surface area contributed by atoms with E-state index in [9.17, 15) is 9.90 Å². The molecule has 142 valence electrons. The SMILES string of the molecule is COc1cc(CNC(Cc2c[nH]c3ccccc23)C(=O)O)cc(Br)c1OC. The van der Waals surface area contributed by atoms with Crippen LogP contribution in [0.15, 0.2) is 47.1 Å². The minimum atomic E-state index is -0.889. The minimum absolute atomic E-state index is 0.383. The summed E-state index contributed by atoms with van der Waals surface area (Å²) < 4.78 is 11.4. The lowest BCUT2D eigenvalue weighted by atomic mass is 10.0. The number of hydrogen-bond donors (Lipinski definition) is 3. The van der Waals surface area contributed by atoms with Crippen molar-refractivity contribution >= 4 is 32.8 Å². The first-order chi connectivity index (χ1) is 13.0. The van der Waals surface area contributed by atoms with Crippen molar-refractivity contribution in [3.05, 3.63) is 58.2 Å². The van der Waals surface area contributed by atoms with Gasteiger partial charge in [0.1, 0.15) is 6.04 Å².